The smallest absolute Gasteiger partial charge is 0.255 e. The second-order valence-electron chi connectivity index (χ2n) is 7.17. The van der Waals surface area contributed by atoms with E-state index in [1.165, 1.54) is 20.3 Å². The molecule has 1 aromatic heterocycles. The van der Waals surface area contributed by atoms with Gasteiger partial charge in [0.15, 0.2) is 16.9 Å². The molecule has 0 bridgehead atoms. The van der Waals surface area contributed by atoms with E-state index in [0.717, 1.165) is 11.3 Å². The van der Waals surface area contributed by atoms with Crippen molar-refractivity contribution in [2.75, 3.05) is 26.1 Å². The fraction of sp³-hybridized carbons (Fsp3) is 0.154. The van der Waals surface area contributed by atoms with Crippen LogP contribution in [0.15, 0.2) is 75.9 Å². The van der Waals surface area contributed by atoms with E-state index in [-0.39, 0.29) is 11.3 Å². The molecule has 7 nitrogen and oxygen atoms in total. The number of ether oxygens (including phenoxy) is 3. The summed E-state index contributed by atoms with van der Waals surface area (Å²) in [5.41, 5.74) is 1.85. The molecule has 4 aromatic rings. The summed E-state index contributed by atoms with van der Waals surface area (Å²) < 4.78 is 21.9. The van der Waals surface area contributed by atoms with Crippen molar-refractivity contribution in [3.05, 3.63) is 82.5 Å². The third-order valence-electron chi connectivity index (χ3n) is 5.08. The summed E-state index contributed by atoms with van der Waals surface area (Å²) in [6.45, 7) is 2.49. The second-order valence-corrected chi connectivity index (χ2v) is 7.17. The lowest BCUT2D eigenvalue weighted by atomic mass is 10.1. The summed E-state index contributed by atoms with van der Waals surface area (Å²) in [5.74, 6) is 1.82. The highest BCUT2D eigenvalue weighted by Gasteiger charge is 2.13. The lowest BCUT2D eigenvalue weighted by Gasteiger charge is -2.10. The Kier molecular flexibility index (Phi) is 6.31. The number of methoxy groups -OCH3 is 2. The van der Waals surface area contributed by atoms with Crippen LogP contribution in [0, 0.1) is 0 Å². The van der Waals surface area contributed by atoms with Crippen molar-refractivity contribution in [2.45, 2.75) is 6.92 Å². The highest BCUT2D eigenvalue weighted by Crippen LogP contribution is 2.29. The molecular weight excluding hydrogens is 422 g/mol. The van der Waals surface area contributed by atoms with E-state index >= 15 is 0 Å². The van der Waals surface area contributed by atoms with Gasteiger partial charge in [-0.3, -0.25) is 9.59 Å². The van der Waals surface area contributed by atoms with Gasteiger partial charge in [-0.2, -0.15) is 0 Å². The molecule has 0 spiro atoms. The highest BCUT2D eigenvalue weighted by molar-refractivity contribution is 6.05. The average molecular weight is 445 g/mol. The molecule has 1 amide bonds. The lowest BCUT2D eigenvalue weighted by molar-refractivity contribution is 0.102. The normalized spacial score (nSPS) is 10.6. The fourth-order valence-corrected chi connectivity index (χ4v) is 3.44. The molecule has 7 heteroatoms. The first-order valence-corrected chi connectivity index (χ1v) is 10.4. The van der Waals surface area contributed by atoms with Crippen molar-refractivity contribution in [3.63, 3.8) is 0 Å². The van der Waals surface area contributed by atoms with Gasteiger partial charge in [0.25, 0.3) is 5.91 Å². The molecule has 0 atom stereocenters. The summed E-state index contributed by atoms with van der Waals surface area (Å²) in [4.78, 5) is 25.4. The standard InChI is InChI=1S/C26H23NO6/c1-4-32-19-9-5-16(6-10-19)23-15-21(28)20-11-8-18(14-24(20)33-23)27-26(29)17-7-12-22(30-2)25(13-17)31-3/h5-15H,4H2,1-3H3,(H,27,29). The topological polar surface area (TPSA) is 87.0 Å². The van der Waals surface area contributed by atoms with Gasteiger partial charge in [-0.05, 0) is 61.5 Å². The zero-order valence-corrected chi connectivity index (χ0v) is 18.5. The fourth-order valence-electron chi connectivity index (χ4n) is 3.44. The number of carbonyl (C=O) groups excluding carboxylic acids is 1. The van der Waals surface area contributed by atoms with Crippen LogP contribution in [-0.4, -0.2) is 26.7 Å². The third-order valence-corrected chi connectivity index (χ3v) is 5.08. The molecule has 1 N–H and O–H groups in total. The van der Waals surface area contributed by atoms with Crippen LogP contribution in [0.5, 0.6) is 17.2 Å². The van der Waals surface area contributed by atoms with Crippen LogP contribution in [0.25, 0.3) is 22.3 Å². The van der Waals surface area contributed by atoms with Crippen LogP contribution in [0.1, 0.15) is 17.3 Å². The number of anilines is 1. The molecule has 0 fully saturated rings. The van der Waals surface area contributed by atoms with Crippen LogP contribution in [0.3, 0.4) is 0 Å². The predicted molar refractivity (Wildman–Crippen MR) is 127 cm³/mol. The monoisotopic (exact) mass is 445 g/mol. The van der Waals surface area contributed by atoms with E-state index in [9.17, 15) is 9.59 Å². The number of nitrogens with one attached hydrogen (secondary N) is 1. The number of carbonyl (C=O) groups is 1. The number of hydrogen-bond donors (Lipinski definition) is 1. The number of hydrogen-bond acceptors (Lipinski definition) is 6. The quantitative estimate of drug-likeness (QED) is 0.424. The maximum Gasteiger partial charge on any atom is 0.255 e. The SMILES string of the molecule is CCOc1ccc(-c2cc(=O)c3ccc(NC(=O)c4ccc(OC)c(OC)c4)cc3o2)cc1. The number of amides is 1. The van der Waals surface area contributed by atoms with E-state index in [4.69, 9.17) is 18.6 Å². The van der Waals surface area contributed by atoms with Gasteiger partial charge in [0.05, 0.1) is 26.2 Å². The number of rotatable bonds is 7. The summed E-state index contributed by atoms with van der Waals surface area (Å²) in [6, 6.07) is 18.6. The van der Waals surface area contributed by atoms with Crippen molar-refractivity contribution in [1.29, 1.82) is 0 Å². The first kappa shape index (κ1) is 22.0. The Balaban J connectivity index is 1.63. The molecule has 4 rings (SSSR count). The van der Waals surface area contributed by atoms with Crippen molar-refractivity contribution in [1.82, 2.24) is 0 Å². The van der Waals surface area contributed by atoms with E-state index in [1.54, 1.807) is 36.4 Å². The van der Waals surface area contributed by atoms with Crippen molar-refractivity contribution < 1.29 is 23.4 Å². The molecule has 3 aromatic carbocycles. The Morgan fingerprint density at radius 1 is 0.909 bits per heavy atom. The van der Waals surface area contributed by atoms with Crippen LogP contribution >= 0.6 is 0 Å². The van der Waals surface area contributed by atoms with Gasteiger partial charge in [0.2, 0.25) is 0 Å². The highest BCUT2D eigenvalue weighted by atomic mass is 16.5. The molecule has 0 saturated heterocycles. The Hall–Kier alpha value is -4.26. The van der Waals surface area contributed by atoms with Gasteiger partial charge in [0.1, 0.15) is 17.1 Å². The molecule has 0 saturated carbocycles. The first-order valence-electron chi connectivity index (χ1n) is 10.4. The molecule has 0 radical (unpaired) electrons. The Labute approximate surface area is 190 Å². The average Bonchev–Trinajstić information content (AvgIpc) is 2.84. The summed E-state index contributed by atoms with van der Waals surface area (Å²) >= 11 is 0. The maximum atomic E-state index is 12.7. The van der Waals surface area contributed by atoms with Crippen molar-refractivity contribution in [2.24, 2.45) is 0 Å². The Morgan fingerprint density at radius 3 is 2.36 bits per heavy atom. The molecule has 0 aliphatic heterocycles. The van der Waals surface area contributed by atoms with E-state index < -0.39 is 0 Å². The van der Waals surface area contributed by atoms with E-state index in [1.807, 2.05) is 31.2 Å². The summed E-state index contributed by atoms with van der Waals surface area (Å²) in [5, 5.41) is 3.25. The Morgan fingerprint density at radius 2 is 1.67 bits per heavy atom. The maximum absolute atomic E-state index is 12.7. The van der Waals surface area contributed by atoms with Crippen LogP contribution in [0.2, 0.25) is 0 Å². The minimum Gasteiger partial charge on any atom is -0.494 e. The van der Waals surface area contributed by atoms with Crippen molar-refractivity contribution >= 4 is 22.6 Å². The third kappa shape index (κ3) is 4.67. The largest absolute Gasteiger partial charge is 0.494 e. The number of fused-ring (bicyclic) bond motifs is 1. The minimum atomic E-state index is -0.333. The molecule has 0 aliphatic carbocycles. The molecule has 1 heterocycles. The molecule has 168 valence electrons. The van der Waals surface area contributed by atoms with E-state index in [2.05, 4.69) is 5.32 Å². The molecule has 0 unspecified atom stereocenters. The van der Waals surface area contributed by atoms with Gasteiger partial charge in [0, 0.05) is 28.9 Å². The number of benzene rings is 3. The van der Waals surface area contributed by atoms with Gasteiger partial charge in [-0.15, -0.1) is 0 Å². The first-order chi connectivity index (χ1) is 16.0. The van der Waals surface area contributed by atoms with Gasteiger partial charge < -0.3 is 23.9 Å². The van der Waals surface area contributed by atoms with Gasteiger partial charge >= 0.3 is 0 Å². The van der Waals surface area contributed by atoms with Crippen molar-refractivity contribution in [3.8, 4) is 28.6 Å². The minimum absolute atomic E-state index is 0.169. The summed E-state index contributed by atoms with van der Waals surface area (Å²) in [7, 11) is 3.04. The predicted octanol–water partition coefficient (Wildman–Crippen LogP) is 5.13. The molecule has 33 heavy (non-hydrogen) atoms. The van der Waals surface area contributed by atoms with Gasteiger partial charge in [-0.25, -0.2) is 0 Å². The summed E-state index contributed by atoms with van der Waals surface area (Å²) in [6.07, 6.45) is 0. The second kappa shape index (κ2) is 9.48. The zero-order chi connectivity index (χ0) is 23.4. The molecule has 0 aliphatic rings. The van der Waals surface area contributed by atoms with E-state index in [0.29, 0.717) is 46.1 Å². The zero-order valence-electron chi connectivity index (χ0n) is 18.5. The molecular formula is C26H23NO6. The van der Waals surface area contributed by atoms with Crippen LogP contribution in [-0.2, 0) is 0 Å². The van der Waals surface area contributed by atoms with Crippen LogP contribution < -0.4 is 25.0 Å². The van der Waals surface area contributed by atoms with Gasteiger partial charge in [-0.1, -0.05) is 0 Å². The lowest BCUT2D eigenvalue weighted by Crippen LogP contribution is -2.12. The Bertz CT molecular complexity index is 1360. The van der Waals surface area contributed by atoms with Crippen LogP contribution in [0.4, 0.5) is 5.69 Å².